The third-order valence-corrected chi connectivity index (χ3v) is 2.63. The number of H-pyrrole nitrogens is 1. The molecule has 0 radical (unpaired) electrons. The van der Waals surface area contributed by atoms with Crippen molar-refractivity contribution in [1.29, 1.82) is 0 Å². The summed E-state index contributed by atoms with van der Waals surface area (Å²) >= 11 is 0. The van der Waals surface area contributed by atoms with Gasteiger partial charge in [-0.3, -0.25) is 0 Å². The quantitative estimate of drug-likeness (QED) is 0.503. The average Bonchev–Trinajstić information content (AvgIpc) is 2.78. The number of hydrogen-bond acceptors (Lipinski definition) is 5. The van der Waals surface area contributed by atoms with Crippen LogP contribution in [0.15, 0.2) is 18.2 Å². The molecule has 2 aromatic rings. The highest BCUT2D eigenvalue weighted by molar-refractivity contribution is 5.90. The first-order valence-electron chi connectivity index (χ1n) is 5.89. The Morgan fingerprint density at radius 1 is 1.36 bits per heavy atom. The zero-order chi connectivity index (χ0) is 16.5. The average molecular weight is 319 g/mol. The molecule has 1 aromatic heterocycles. The molecule has 1 aromatic carbocycles. The second kappa shape index (κ2) is 5.72. The lowest BCUT2D eigenvalue weighted by molar-refractivity contribution is -0.202. The summed E-state index contributed by atoms with van der Waals surface area (Å²) in [6, 6.07) is 2.17. The van der Waals surface area contributed by atoms with Gasteiger partial charge in [0.25, 0.3) is 0 Å². The van der Waals surface area contributed by atoms with Crippen molar-refractivity contribution in [3.63, 3.8) is 0 Å². The van der Waals surface area contributed by atoms with E-state index in [0.717, 1.165) is 6.07 Å². The molecule has 0 aliphatic heterocycles. The minimum absolute atomic E-state index is 0.143. The monoisotopic (exact) mass is 319 g/mol. The van der Waals surface area contributed by atoms with Gasteiger partial charge in [-0.15, -0.1) is 0 Å². The Labute approximate surface area is 120 Å². The van der Waals surface area contributed by atoms with E-state index in [2.05, 4.69) is 14.7 Å². The number of carbonyl (C=O) groups is 2. The van der Waals surface area contributed by atoms with Crippen LogP contribution in [-0.4, -0.2) is 34.1 Å². The minimum Gasteiger partial charge on any atom is -0.385 e. The van der Waals surface area contributed by atoms with E-state index >= 15 is 0 Å². The molecule has 1 atom stereocenters. The van der Waals surface area contributed by atoms with Crippen LogP contribution in [0, 0.1) is 5.82 Å². The lowest BCUT2D eigenvalue weighted by atomic mass is 10.2. The van der Waals surface area contributed by atoms with Crippen molar-refractivity contribution in [2.75, 3.05) is 0 Å². The molecule has 118 valence electrons. The maximum absolute atomic E-state index is 13.0. The maximum atomic E-state index is 13.0. The van der Waals surface area contributed by atoms with Crippen molar-refractivity contribution in [1.82, 2.24) is 9.97 Å². The zero-order valence-corrected chi connectivity index (χ0v) is 10.8. The Bertz CT molecular complexity index is 726. The standard InChI is InChI=1S/C12H9F4N3O3/c13-5-1-2-7-8(3-5)19-9(18-7)4-6(17)10(20)22-11(21)12(14,15)16/h1-3,6H,4,17H2,(H,18,19)/t6-/m0/s1. The second-order valence-corrected chi connectivity index (χ2v) is 4.36. The highest BCUT2D eigenvalue weighted by Gasteiger charge is 2.43. The molecule has 0 fully saturated rings. The molecule has 0 saturated carbocycles. The summed E-state index contributed by atoms with van der Waals surface area (Å²) in [7, 11) is 0. The van der Waals surface area contributed by atoms with Gasteiger partial charge in [-0.2, -0.15) is 13.2 Å². The SMILES string of the molecule is N[C@@H](Cc1nc2ccc(F)cc2[nH]1)C(=O)OC(=O)C(F)(F)F. The molecule has 6 nitrogen and oxygen atoms in total. The zero-order valence-electron chi connectivity index (χ0n) is 10.8. The van der Waals surface area contributed by atoms with E-state index < -0.39 is 30.0 Å². The normalized spacial score (nSPS) is 13.1. The molecule has 0 aliphatic rings. The van der Waals surface area contributed by atoms with E-state index in [1.807, 2.05) is 0 Å². The molecule has 0 amide bonds. The molecule has 3 N–H and O–H groups in total. The number of imidazole rings is 1. The summed E-state index contributed by atoms with van der Waals surface area (Å²) in [5.74, 6) is -4.54. The number of halogens is 4. The van der Waals surface area contributed by atoms with Crippen LogP contribution in [0.4, 0.5) is 17.6 Å². The Kier molecular flexibility index (Phi) is 4.13. The van der Waals surface area contributed by atoms with Crippen LogP contribution >= 0.6 is 0 Å². The highest BCUT2D eigenvalue weighted by Crippen LogP contribution is 2.17. The fraction of sp³-hybridized carbons (Fsp3) is 0.250. The van der Waals surface area contributed by atoms with Gasteiger partial charge in [-0.1, -0.05) is 0 Å². The first-order chi connectivity index (χ1) is 10.2. The Morgan fingerprint density at radius 2 is 2.05 bits per heavy atom. The smallest absolute Gasteiger partial charge is 0.385 e. The fourth-order valence-corrected chi connectivity index (χ4v) is 1.65. The third-order valence-electron chi connectivity index (χ3n) is 2.63. The molecule has 10 heteroatoms. The molecule has 2 rings (SSSR count). The van der Waals surface area contributed by atoms with Crippen molar-refractivity contribution in [3.8, 4) is 0 Å². The molecule has 0 aliphatic carbocycles. The number of esters is 2. The van der Waals surface area contributed by atoms with Crippen LogP contribution in [0.25, 0.3) is 11.0 Å². The first kappa shape index (κ1) is 15.9. The summed E-state index contributed by atoms with van der Waals surface area (Å²) in [5, 5.41) is 0. The van der Waals surface area contributed by atoms with Crippen molar-refractivity contribution >= 4 is 23.0 Å². The largest absolute Gasteiger partial charge is 0.491 e. The van der Waals surface area contributed by atoms with Crippen LogP contribution in [-0.2, 0) is 20.7 Å². The van der Waals surface area contributed by atoms with Crippen LogP contribution in [0.2, 0.25) is 0 Å². The molecular formula is C12H9F4N3O3. The number of carbonyl (C=O) groups excluding carboxylic acids is 2. The van der Waals surface area contributed by atoms with Gasteiger partial charge in [0, 0.05) is 6.42 Å². The van der Waals surface area contributed by atoms with Gasteiger partial charge in [0.15, 0.2) is 0 Å². The minimum atomic E-state index is -5.29. The number of fused-ring (bicyclic) bond motifs is 1. The van der Waals surface area contributed by atoms with Gasteiger partial charge in [-0.05, 0) is 18.2 Å². The summed E-state index contributed by atoms with van der Waals surface area (Å²) < 4.78 is 52.5. The number of aromatic amines is 1. The number of benzene rings is 1. The molecular weight excluding hydrogens is 310 g/mol. The van der Waals surface area contributed by atoms with Gasteiger partial charge >= 0.3 is 18.1 Å². The number of nitrogens with one attached hydrogen (secondary N) is 1. The Hall–Kier alpha value is -2.49. The van der Waals surface area contributed by atoms with Gasteiger partial charge in [0.05, 0.1) is 11.0 Å². The fourth-order valence-electron chi connectivity index (χ4n) is 1.65. The van der Waals surface area contributed by atoms with Crippen LogP contribution in [0.1, 0.15) is 5.82 Å². The number of ether oxygens (including phenoxy) is 1. The number of nitrogens with two attached hydrogens (primary N) is 1. The summed E-state index contributed by atoms with van der Waals surface area (Å²) in [4.78, 5) is 28.5. The Morgan fingerprint density at radius 3 is 2.68 bits per heavy atom. The van der Waals surface area contributed by atoms with Gasteiger partial charge < -0.3 is 15.5 Å². The summed E-state index contributed by atoms with van der Waals surface area (Å²) in [6.45, 7) is 0. The molecule has 0 saturated heterocycles. The van der Waals surface area contributed by atoms with Crippen LogP contribution in [0.3, 0.4) is 0 Å². The highest BCUT2D eigenvalue weighted by atomic mass is 19.4. The van der Waals surface area contributed by atoms with E-state index in [9.17, 15) is 27.2 Å². The lowest BCUT2D eigenvalue weighted by Gasteiger charge is -2.10. The third kappa shape index (κ3) is 3.58. The van der Waals surface area contributed by atoms with Crippen LogP contribution < -0.4 is 5.73 Å². The van der Waals surface area contributed by atoms with Crippen molar-refractivity contribution in [3.05, 3.63) is 29.8 Å². The van der Waals surface area contributed by atoms with E-state index in [1.54, 1.807) is 0 Å². The predicted octanol–water partition coefficient (Wildman–Crippen LogP) is 1.20. The van der Waals surface area contributed by atoms with Crippen molar-refractivity contribution < 1.29 is 31.9 Å². The summed E-state index contributed by atoms with van der Waals surface area (Å²) in [5.41, 5.74) is 6.09. The van der Waals surface area contributed by atoms with Crippen LogP contribution in [0.5, 0.6) is 0 Å². The van der Waals surface area contributed by atoms with E-state index in [4.69, 9.17) is 5.73 Å². The van der Waals surface area contributed by atoms with Crippen molar-refractivity contribution in [2.24, 2.45) is 5.73 Å². The predicted molar refractivity (Wildman–Crippen MR) is 64.9 cm³/mol. The van der Waals surface area contributed by atoms with E-state index in [1.165, 1.54) is 12.1 Å². The second-order valence-electron chi connectivity index (χ2n) is 4.36. The number of rotatable bonds is 3. The topological polar surface area (TPSA) is 98.1 Å². The number of alkyl halides is 3. The molecule has 0 unspecified atom stereocenters. The molecule has 0 spiro atoms. The maximum Gasteiger partial charge on any atom is 0.491 e. The number of nitrogens with zero attached hydrogens (tertiary/aromatic N) is 1. The van der Waals surface area contributed by atoms with E-state index in [0.29, 0.717) is 11.0 Å². The van der Waals surface area contributed by atoms with Crippen molar-refractivity contribution in [2.45, 2.75) is 18.6 Å². The Balaban J connectivity index is 2.05. The number of aromatic nitrogens is 2. The summed E-state index contributed by atoms with van der Waals surface area (Å²) in [6.07, 6.45) is -5.59. The lowest BCUT2D eigenvalue weighted by Crippen LogP contribution is -2.39. The molecule has 1 heterocycles. The van der Waals surface area contributed by atoms with Gasteiger partial charge in [0.1, 0.15) is 17.7 Å². The van der Waals surface area contributed by atoms with Gasteiger partial charge in [0.2, 0.25) is 0 Å². The van der Waals surface area contributed by atoms with Gasteiger partial charge in [-0.25, -0.2) is 19.0 Å². The molecule has 0 bridgehead atoms. The number of hydrogen-bond donors (Lipinski definition) is 2. The molecule has 22 heavy (non-hydrogen) atoms. The van der Waals surface area contributed by atoms with E-state index in [-0.39, 0.29) is 12.2 Å². The first-order valence-corrected chi connectivity index (χ1v) is 5.89.